The molecule has 3 nitrogen and oxygen atoms in total. The number of rotatable bonds is 2. The summed E-state index contributed by atoms with van der Waals surface area (Å²) < 4.78 is 0. The predicted octanol–water partition coefficient (Wildman–Crippen LogP) is 1.48. The van der Waals surface area contributed by atoms with E-state index in [2.05, 4.69) is 11.1 Å². The van der Waals surface area contributed by atoms with Crippen LogP contribution in [-0.4, -0.2) is 16.3 Å². The van der Waals surface area contributed by atoms with E-state index in [9.17, 15) is 0 Å². The van der Waals surface area contributed by atoms with Crippen LogP contribution in [0.15, 0.2) is 11.1 Å². The molecule has 0 aliphatic rings. The second-order valence-electron chi connectivity index (χ2n) is 2.56. The van der Waals surface area contributed by atoms with Gasteiger partial charge in [-0.15, -0.1) is 11.8 Å². The Balaban J connectivity index is 3.28. The topological polar surface area (TPSA) is 56.9 Å². The van der Waals surface area contributed by atoms with E-state index >= 15 is 0 Å². The Labute approximate surface area is 81.4 Å². The van der Waals surface area contributed by atoms with Gasteiger partial charge in [-0.25, -0.2) is 4.98 Å². The molecule has 1 N–H and O–H groups in total. The number of hydrogen-bond donors (Lipinski definition) is 1. The van der Waals surface area contributed by atoms with Gasteiger partial charge in [0.25, 0.3) is 0 Å². The average Bonchev–Trinajstić information content (AvgIpc) is 2.17. The molecule has 0 fully saturated rings. The molecule has 1 heterocycles. The maximum atomic E-state index is 8.95. The summed E-state index contributed by atoms with van der Waals surface area (Å²) in [4.78, 5) is 4.21. The van der Waals surface area contributed by atoms with Gasteiger partial charge in [-0.2, -0.15) is 5.26 Å². The Kier molecular flexibility index (Phi) is 3.29. The Hall–Kier alpha value is -1.05. The Morgan fingerprint density at radius 3 is 2.85 bits per heavy atom. The zero-order chi connectivity index (χ0) is 9.84. The minimum Gasteiger partial charge on any atom is -0.392 e. The normalized spacial score (nSPS) is 9.69. The van der Waals surface area contributed by atoms with E-state index < -0.39 is 0 Å². The van der Waals surface area contributed by atoms with Crippen LogP contribution >= 0.6 is 11.8 Å². The maximum Gasteiger partial charge on any atom is 0.114 e. The highest BCUT2D eigenvalue weighted by Crippen LogP contribution is 2.20. The maximum absolute atomic E-state index is 8.95. The van der Waals surface area contributed by atoms with E-state index in [0.29, 0.717) is 11.1 Å². The second-order valence-corrected chi connectivity index (χ2v) is 3.35. The van der Waals surface area contributed by atoms with Gasteiger partial charge in [-0.05, 0) is 19.2 Å². The van der Waals surface area contributed by atoms with Crippen LogP contribution in [0.1, 0.15) is 16.8 Å². The van der Waals surface area contributed by atoms with Crippen molar-refractivity contribution >= 4 is 11.8 Å². The summed E-state index contributed by atoms with van der Waals surface area (Å²) in [6.07, 6.45) is 1.88. The standard InChI is InChI=1S/C9H10N2OS/c1-6-8(5-12)3-7(4-10)9(11-6)13-2/h3,12H,5H2,1-2H3. The average molecular weight is 194 g/mol. The zero-order valence-electron chi connectivity index (χ0n) is 7.53. The molecule has 0 aromatic carbocycles. The fraction of sp³-hybridized carbons (Fsp3) is 0.333. The van der Waals surface area contributed by atoms with Gasteiger partial charge in [0.05, 0.1) is 12.2 Å². The number of pyridine rings is 1. The molecule has 1 aromatic rings. The van der Waals surface area contributed by atoms with Crippen LogP contribution in [0.4, 0.5) is 0 Å². The Morgan fingerprint density at radius 1 is 1.69 bits per heavy atom. The van der Waals surface area contributed by atoms with Crippen molar-refractivity contribution in [2.45, 2.75) is 18.6 Å². The molecule has 0 aliphatic heterocycles. The first-order chi connectivity index (χ1) is 6.22. The first-order valence-corrected chi connectivity index (χ1v) is 5.01. The number of nitriles is 1. The van der Waals surface area contributed by atoms with Gasteiger partial charge < -0.3 is 5.11 Å². The lowest BCUT2D eigenvalue weighted by Crippen LogP contribution is -1.96. The van der Waals surface area contributed by atoms with Gasteiger partial charge in [0, 0.05) is 11.3 Å². The summed E-state index contributed by atoms with van der Waals surface area (Å²) in [6.45, 7) is 1.76. The molecular weight excluding hydrogens is 184 g/mol. The first-order valence-electron chi connectivity index (χ1n) is 3.78. The zero-order valence-corrected chi connectivity index (χ0v) is 8.35. The number of aliphatic hydroxyl groups excluding tert-OH is 1. The molecule has 13 heavy (non-hydrogen) atoms. The lowest BCUT2D eigenvalue weighted by atomic mass is 10.1. The van der Waals surface area contributed by atoms with Gasteiger partial charge in [-0.3, -0.25) is 0 Å². The summed E-state index contributed by atoms with van der Waals surface area (Å²) in [5.41, 5.74) is 2.03. The molecule has 1 rings (SSSR count). The van der Waals surface area contributed by atoms with Crippen molar-refractivity contribution in [3.63, 3.8) is 0 Å². The lowest BCUT2D eigenvalue weighted by molar-refractivity contribution is 0.280. The SMILES string of the molecule is CSc1nc(C)c(CO)cc1C#N. The molecule has 0 atom stereocenters. The molecule has 0 saturated carbocycles. The third-order valence-corrected chi connectivity index (χ3v) is 2.46. The highest BCUT2D eigenvalue weighted by molar-refractivity contribution is 7.98. The third kappa shape index (κ3) is 2.00. The van der Waals surface area contributed by atoms with Gasteiger partial charge >= 0.3 is 0 Å². The van der Waals surface area contributed by atoms with Crippen molar-refractivity contribution in [3.8, 4) is 6.07 Å². The fourth-order valence-electron chi connectivity index (χ4n) is 1.02. The van der Waals surface area contributed by atoms with Crippen LogP contribution in [0.5, 0.6) is 0 Å². The molecule has 4 heteroatoms. The summed E-state index contributed by atoms with van der Waals surface area (Å²) in [5.74, 6) is 0. The quantitative estimate of drug-likeness (QED) is 0.724. The van der Waals surface area contributed by atoms with E-state index in [1.807, 2.05) is 13.2 Å². The highest BCUT2D eigenvalue weighted by Gasteiger charge is 2.06. The largest absolute Gasteiger partial charge is 0.392 e. The van der Waals surface area contributed by atoms with Crippen LogP contribution < -0.4 is 0 Å². The van der Waals surface area contributed by atoms with Crippen molar-refractivity contribution in [1.82, 2.24) is 4.98 Å². The molecular formula is C9H10N2OS. The predicted molar refractivity (Wildman–Crippen MR) is 51.4 cm³/mol. The summed E-state index contributed by atoms with van der Waals surface area (Å²) >= 11 is 1.44. The molecule has 0 spiro atoms. The van der Waals surface area contributed by atoms with Crippen molar-refractivity contribution in [3.05, 3.63) is 22.9 Å². The van der Waals surface area contributed by atoms with E-state index in [4.69, 9.17) is 10.4 Å². The number of thioether (sulfide) groups is 1. The number of aryl methyl sites for hydroxylation is 1. The smallest absolute Gasteiger partial charge is 0.114 e. The first kappa shape index (κ1) is 10.0. The number of aliphatic hydroxyl groups is 1. The van der Waals surface area contributed by atoms with Gasteiger partial charge in [0.2, 0.25) is 0 Å². The Morgan fingerprint density at radius 2 is 2.38 bits per heavy atom. The number of nitrogens with zero attached hydrogens (tertiary/aromatic N) is 2. The van der Waals surface area contributed by atoms with Crippen molar-refractivity contribution < 1.29 is 5.11 Å². The number of aromatic nitrogens is 1. The van der Waals surface area contributed by atoms with Crippen LogP contribution in [0.3, 0.4) is 0 Å². The molecule has 0 amide bonds. The second kappa shape index (κ2) is 4.26. The van der Waals surface area contributed by atoms with Gasteiger partial charge in [0.1, 0.15) is 11.1 Å². The molecule has 68 valence electrons. The van der Waals surface area contributed by atoms with E-state index in [0.717, 1.165) is 10.7 Å². The molecule has 1 aromatic heterocycles. The molecule has 0 aliphatic carbocycles. The molecule has 0 bridgehead atoms. The van der Waals surface area contributed by atoms with Crippen LogP contribution in [-0.2, 0) is 6.61 Å². The summed E-state index contributed by atoms with van der Waals surface area (Å²) in [5, 5.41) is 18.4. The number of hydrogen-bond acceptors (Lipinski definition) is 4. The third-order valence-electron chi connectivity index (χ3n) is 1.77. The van der Waals surface area contributed by atoms with Crippen LogP contribution in [0.25, 0.3) is 0 Å². The van der Waals surface area contributed by atoms with Crippen molar-refractivity contribution in [2.24, 2.45) is 0 Å². The van der Waals surface area contributed by atoms with Crippen LogP contribution in [0, 0.1) is 18.3 Å². The molecule has 0 saturated heterocycles. The fourth-order valence-corrected chi connectivity index (χ4v) is 1.57. The van der Waals surface area contributed by atoms with Crippen molar-refractivity contribution in [1.29, 1.82) is 5.26 Å². The minimum atomic E-state index is -0.0673. The monoisotopic (exact) mass is 194 g/mol. The summed E-state index contributed by atoms with van der Waals surface area (Å²) in [6, 6.07) is 3.74. The van der Waals surface area contributed by atoms with E-state index in [1.165, 1.54) is 11.8 Å². The lowest BCUT2D eigenvalue weighted by Gasteiger charge is -2.05. The van der Waals surface area contributed by atoms with E-state index in [-0.39, 0.29) is 6.61 Å². The molecule has 0 unspecified atom stereocenters. The van der Waals surface area contributed by atoms with E-state index in [1.54, 1.807) is 6.07 Å². The van der Waals surface area contributed by atoms with Crippen LogP contribution in [0.2, 0.25) is 0 Å². The van der Waals surface area contributed by atoms with Gasteiger partial charge in [0.15, 0.2) is 0 Å². The Bertz CT molecular complexity index is 357. The minimum absolute atomic E-state index is 0.0673. The van der Waals surface area contributed by atoms with Gasteiger partial charge in [-0.1, -0.05) is 0 Å². The summed E-state index contributed by atoms with van der Waals surface area (Å²) in [7, 11) is 0. The molecule has 0 radical (unpaired) electrons. The van der Waals surface area contributed by atoms with Crippen molar-refractivity contribution in [2.75, 3.05) is 6.26 Å². The highest BCUT2D eigenvalue weighted by atomic mass is 32.2.